The quantitative estimate of drug-likeness (QED) is 0.672. The van der Waals surface area contributed by atoms with Gasteiger partial charge in [-0.2, -0.15) is 0 Å². The van der Waals surface area contributed by atoms with Gasteiger partial charge in [-0.05, 0) is 25.1 Å². The van der Waals surface area contributed by atoms with Gasteiger partial charge in [-0.3, -0.25) is 4.79 Å². The lowest BCUT2D eigenvalue weighted by Crippen LogP contribution is -2.23. The first-order valence-electron chi connectivity index (χ1n) is 5.48. The van der Waals surface area contributed by atoms with Crippen LogP contribution in [0.15, 0.2) is 34.1 Å². The number of nitrogen functional groups attached to an aromatic ring is 1. The second-order valence-corrected chi connectivity index (χ2v) is 6.27. The predicted molar refractivity (Wildman–Crippen MR) is 76.9 cm³/mol. The lowest BCUT2D eigenvalue weighted by Gasteiger charge is -2.11. The van der Waals surface area contributed by atoms with Crippen LogP contribution in [0.2, 0.25) is 0 Å². The van der Waals surface area contributed by atoms with E-state index in [-0.39, 0.29) is 16.8 Å². The maximum Gasteiger partial charge on any atom is 0.237 e. The SMILES string of the molecule is CC(Sc1nccs1)C(=O)Nc1cc(N)ccc1F. The van der Waals surface area contributed by atoms with Gasteiger partial charge in [0.15, 0.2) is 4.34 Å². The van der Waals surface area contributed by atoms with Gasteiger partial charge in [0.05, 0.1) is 10.9 Å². The van der Waals surface area contributed by atoms with Crippen molar-refractivity contribution in [2.45, 2.75) is 16.5 Å². The monoisotopic (exact) mass is 297 g/mol. The van der Waals surface area contributed by atoms with Crippen LogP contribution in [-0.2, 0) is 4.79 Å². The first-order chi connectivity index (χ1) is 9.06. The van der Waals surface area contributed by atoms with E-state index in [0.717, 1.165) is 4.34 Å². The minimum absolute atomic E-state index is 0.0941. The molecule has 2 aromatic rings. The summed E-state index contributed by atoms with van der Waals surface area (Å²) in [6.07, 6.45) is 1.68. The van der Waals surface area contributed by atoms with Crippen molar-refractivity contribution in [3.8, 4) is 0 Å². The lowest BCUT2D eigenvalue weighted by atomic mass is 10.2. The molecular formula is C12H12FN3OS2. The van der Waals surface area contributed by atoms with Crippen molar-refractivity contribution in [1.29, 1.82) is 0 Å². The minimum Gasteiger partial charge on any atom is -0.399 e. The molecule has 100 valence electrons. The number of thioether (sulfide) groups is 1. The van der Waals surface area contributed by atoms with Crippen LogP contribution in [0.4, 0.5) is 15.8 Å². The Balaban J connectivity index is 2.02. The Hall–Kier alpha value is -1.60. The summed E-state index contributed by atoms with van der Waals surface area (Å²) in [5.41, 5.74) is 6.05. The smallest absolute Gasteiger partial charge is 0.237 e. The van der Waals surface area contributed by atoms with E-state index in [2.05, 4.69) is 10.3 Å². The first kappa shape index (κ1) is 13.8. The Labute approximate surface area is 118 Å². The topological polar surface area (TPSA) is 68.0 Å². The fourth-order valence-electron chi connectivity index (χ4n) is 1.35. The third kappa shape index (κ3) is 3.68. The summed E-state index contributed by atoms with van der Waals surface area (Å²) < 4.78 is 14.3. The zero-order valence-electron chi connectivity index (χ0n) is 10.1. The molecule has 0 radical (unpaired) electrons. The van der Waals surface area contributed by atoms with Crippen molar-refractivity contribution in [2.24, 2.45) is 0 Å². The van der Waals surface area contributed by atoms with E-state index < -0.39 is 5.82 Å². The number of anilines is 2. The van der Waals surface area contributed by atoms with Crippen LogP contribution in [0.25, 0.3) is 0 Å². The van der Waals surface area contributed by atoms with Gasteiger partial charge in [0, 0.05) is 17.3 Å². The molecule has 7 heteroatoms. The van der Waals surface area contributed by atoms with Crippen LogP contribution in [-0.4, -0.2) is 16.1 Å². The summed E-state index contributed by atoms with van der Waals surface area (Å²) in [5.74, 6) is -0.793. The van der Waals surface area contributed by atoms with E-state index in [0.29, 0.717) is 5.69 Å². The molecule has 1 aromatic heterocycles. The van der Waals surface area contributed by atoms with Crippen molar-refractivity contribution >= 4 is 40.4 Å². The molecule has 1 unspecified atom stereocenters. The Morgan fingerprint density at radius 2 is 2.37 bits per heavy atom. The number of nitrogens with one attached hydrogen (secondary N) is 1. The van der Waals surface area contributed by atoms with Crippen molar-refractivity contribution in [3.63, 3.8) is 0 Å². The number of aromatic nitrogens is 1. The third-order valence-corrected chi connectivity index (χ3v) is 4.32. The highest BCUT2D eigenvalue weighted by molar-refractivity contribution is 8.02. The minimum atomic E-state index is -0.506. The van der Waals surface area contributed by atoms with Crippen LogP contribution < -0.4 is 11.1 Å². The number of thiazole rings is 1. The van der Waals surface area contributed by atoms with E-state index in [9.17, 15) is 9.18 Å². The molecule has 1 aromatic carbocycles. The largest absolute Gasteiger partial charge is 0.399 e. The zero-order valence-corrected chi connectivity index (χ0v) is 11.7. The van der Waals surface area contributed by atoms with Gasteiger partial charge in [0.1, 0.15) is 5.82 Å². The fourth-order valence-corrected chi connectivity index (χ4v) is 3.12. The molecular weight excluding hydrogens is 285 g/mol. The number of hydrogen-bond donors (Lipinski definition) is 2. The highest BCUT2D eigenvalue weighted by atomic mass is 32.2. The van der Waals surface area contributed by atoms with Gasteiger partial charge < -0.3 is 11.1 Å². The lowest BCUT2D eigenvalue weighted by molar-refractivity contribution is -0.115. The molecule has 0 aliphatic heterocycles. The van der Waals surface area contributed by atoms with Crippen LogP contribution in [0, 0.1) is 5.82 Å². The van der Waals surface area contributed by atoms with Gasteiger partial charge in [-0.25, -0.2) is 9.37 Å². The number of benzene rings is 1. The van der Waals surface area contributed by atoms with E-state index in [1.165, 1.54) is 41.3 Å². The standard InChI is InChI=1S/C12H12FN3OS2/c1-7(19-12-15-4-5-18-12)11(17)16-10-6-8(14)2-3-9(10)13/h2-7H,14H2,1H3,(H,16,17). The molecule has 3 N–H and O–H groups in total. The summed E-state index contributed by atoms with van der Waals surface area (Å²) in [5, 5.41) is 3.99. The average Bonchev–Trinajstić information content (AvgIpc) is 2.86. The van der Waals surface area contributed by atoms with E-state index in [1.807, 2.05) is 5.38 Å². The van der Waals surface area contributed by atoms with E-state index in [1.54, 1.807) is 13.1 Å². The van der Waals surface area contributed by atoms with Gasteiger partial charge in [-0.1, -0.05) is 11.8 Å². The zero-order chi connectivity index (χ0) is 13.8. The van der Waals surface area contributed by atoms with Gasteiger partial charge in [0.25, 0.3) is 0 Å². The van der Waals surface area contributed by atoms with Crippen molar-refractivity contribution < 1.29 is 9.18 Å². The van der Waals surface area contributed by atoms with Crippen LogP contribution >= 0.6 is 23.1 Å². The number of halogens is 1. The number of nitrogens with zero attached hydrogens (tertiary/aromatic N) is 1. The number of hydrogen-bond acceptors (Lipinski definition) is 5. The molecule has 1 atom stereocenters. The van der Waals surface area contributed by atoms with Crippen LogP contribution in [0.3, 0.4) is 0 Å². The Kier molecular flexibility index (Phi) is 4.39. The molecule has 4 nitrogen and oxygen atoms in total. The summed E-state index contributed by atoms with van der Waals surface area (Å²) in [4.78, 5) is 16.0. The second kappa shape index (κ2) is 6.03. The van der Waals surface area contributed by atoms with Gasteiger partial charge >= 0.3 is 0 Å². The highest BCUT2D eigenvalue weighted by Gasteiger charge is 2.17. The van der Waals surface area contributed by atoms with Gasteiger partial charge in [-0.15, -0.1) is 11.3 Å². The maximum atomic E-state index is 13.5. The normalized spacial score (nSPS) is 12.1. The summed E-state index contributed by atoms with van der Waals surface area (Å²) in [6, 6.07) is 4.07. The summed E-state index contributed by atoms with van der Waals surface area (Å²) >= 11 is 2.79. The number of carbonyl (C=O) groups excluding carboxylic acids is 1. The van der Waals surface area contributed by atoms with Crippen molar-refractivity contribution in [2.75, 3.05) is 11.1 Å². The molecule has 19 heavy (non-hydrogen) atoms. The molecule has 1 heterocycles. The summed E-state index contributed by atoms with van der Waals surface area (Å²) in [6.45, 7) is 1.74. The third-order valence-electron chi connectivity index (χ3n) is 2.30. The van der Waals surface area contributed by atoms with Crippen LogP contribution in [0.5, 0.6) is 0 Å². The maximum absolute atomic E-state index is 13.5. The average molecular weight is 297 g/mol. The molecule has 0 fully saturated rings. The predicted octanol–water partition coefficient (Wildman–Crippen LogP) is 2.98. The fraction of sp³-hybridized carbons (Fsp3) is 0.167. The number of amides is 1. The van der Waals surface area contributed by atoms with E-state index >= 15 is 0 Å². The molecule has 0 spiro atoms. The molecule has 0 aliphatic carbocycles. The second-order valence-electron chi connectivity index (χ2n) is 3.79. The number of nitrogens with two attached hydrogens (primary N) is 1. The Morgan fingerprint density at radius 3 is 3.05 bits per heavy atom. The van der Waals surface area contributed by atoms with Crippen molar-refractivity contribution in [3.05, 3.63) is 35.6 Å². The molecule has 2 rings (SSSR count). The van der Waals surface area contributed by atoms with Crippen LogP contribution in [0.1, 0.15) is 6.92 Å². The molecule has 0 bridgehead atoms. The molecule has 0 saturated heterocycles. The number of rotatable bonds is 4. The Bertz CT molecular complexity index is 574. The highest BCUT2D eigenvalue weighted by Crippen LogP contribution is 2.26. The summed E-state index contributed by atoms with van der Waals surface area (Å²) in [7, 11) is 0. The van der Waals surface area contributed by atoms with Gasteiger partial charge in [0.2, 0.25) is 5.91 Å². The Morgan fingerprint density at radius 1 is 1.58 bits per heavy atom. The first-order valence-corrected chi connectivity index (χ1v) is 7.24. The van der Waals surface area contributed by atoms with Crippen molar-refractivity contribution in [1.82, 2.24) is 4.98 Å². The molecule has 0 aliphatic rings. The van der Waals surface area contributed by atoms with E-state index in [4.69, 9.17) is 5.73 Å². The number of carbonyl (C=O) groups is 1. The molecule has 0 saturated carbocycles. The molecule has 1 amide bonds.